The molecule has 0 amide bonds. The first-order valence-electron chi connectivity index (χ1n) is 6.67. The summed E-state index contributed by atoms with van der Waals surface area (Å²) >= 11 is 1.78. The monoisotopic (exact) mass is 267 g/mol. The largest absolute Gasteiger partial charge is 0.236 e. The molecule has 0 saturated heterocycles. The molecule has 0 spiro atoms. The van der Waals surface area contributed by atoms with E-state index in [1.807, 2.05) is 6.07 Å². The molecule has 0 unspecified atom stereocenters. The van der Waals surface area contributed by atoms with Crippen molar-refractivity contribution in [3.8, 4) is 10.6 Å². The Morgan fingerprint density at radius 2 is 1.84 bits per heavy atom. The first kappa shape index (κ1) is 12.4. The fraction of sp³-hybridized carbons (Fsp3) is 0.235. The Balaban J connectivity index is 2.01. The van der Waals surface area contributed by atoms with Crippen LogP contribution in [0, 0.1) is 5.92 Å². The summed E-state index contributed by atoms with van der Waals surface area (Å²) in [7, 11) is 0. The molecule has 0 N–H and O–H groups in total. The summed E-state index contributed by atoms with van der Waals surface area (Å²) in [5.74, 6) is 0.693. The van der Waals surface area contributed by atoms with Crippen LogP contribution in [-0.4, -0.2) is 4.98 Å². The molecule has 0 saturated carbocycles. The molecule has 2 aromatic carbocycles. The Morgan fingerprint density at radius 1 is 1.05 bits per heavy atom. The van der Waals surface area contributed by atoms with E-state index in [-0.39, 0.29) is 0 Å². The van der Waals surface area contributed by atoms with Gasteiger partial charge in [-0.05, 0) is 30.0 Å². The van der Waals surface area contributed by atoms with Crippen LogP contribution in [0.2, 0.25) is 0 Å². The quantitative estimate of drug-likeness (QED) is 0.638. The van der Waals surface area contributed by atoms with Gasteiger partial charge in [0, 0.05) is 5.56 Å². The molecule has 0 aliphatic carbocycles. The van der Waals surface area contributed by atoms with E-state index >= 15 is 0 Å². The highest BCUT2D eigenvalue weighted by Gasteiger charge is 2.07. The van der Waals surface area contributed by atoms with Crippen molar-refractivity contribution in [3.63, 3.8) is 0 Å². The van der Waals surface area contributed by atoms with Crippen LogP contribution < -0.4 is 0 Å². The zero-order valence-corrected chi connectivity index (χ0v) is 12.1. The Morgan fingerprint density at radius 3 is 2.58 bits per heavy atom. The maximum atomic E-state index is 4.72. The van der Waals surface area contributed by atoms with Gasteiger partial charge in [0.2, 0.25) is 0 Å². The summed E-state index contributed by atoms with van der Waals surface area (Å²) in [5, 5.41) is 1.11. The molecular formula is C17H17NS. The highest BCUT2D eigenvalue weighted by atomic mass is 32.1. The molecule has 3 aromatic rings. The molecule has 3 rings (SSSR count). The maximum Gasteiger partial charge on any atom is 0.124 e. The summed E-state index contributed by atoms with van der Waals surface area (Å²) in [6.07, 6.45) is 1.13. The van der Waals surface area contributed by atoms with Crippen LogP contribution in [0.4, 0.5) is 0 Å². The summed E-state index contributed by atoms with van der Waals surface area (Å²) in [4.78, 5) is 4.72. The van der Waals surface area contributed by atoms with Crippen LogP contribution >= 0.6 is 11.3 Å². The van der Waals surface area contributed by atoms with E-state index in [0.717, 1.165) is 16.9 Å². The molecule has 0 bridgehead atoms. The minimum Gasteiger partial charge on any atom is -0.236 e. The highest BCUT2D eigenvalue weighted by Crippen LogP contribution is 2.30. The molecule has 1 nitrogen and oxygen atoms in total. The van der Waals surface area contributed by atoms with Crippen molar-refractivity contribution in [1.29, 1.82) is 0 Å². The second-order valence-electron chi connectivity index (χ2n) is 5.29. The number of benzene rings is 2. The average molecular weight is 267 g/mol. The Bertz CT molecular complexity index is 683. The van der Waals surface area contributed by atoms with E-state index < -0.39 is 0 Å². The summed E-state index contributed by atoms with van der Waals surface area (Å²) in [5.41, 5.74) is 3.72. The SMILES string of the molecule is CC(C)Cc1ccc2nc(-c3ccccc3)sc2c1. The maximum absolute atomic E-state index is 4.72. The van der Waals surface area contributed by atoms with E-state index in [1.165, 1.54) is 15.8 Å². The third-order valence-corrected chi connectivity index (χ3v) is 4.18. The van der Waals surface area contributed by atoms with Crippen LogP contribution in [0.25, 0.3) is 20.8 Å². The van der Waals surface area contributed by atoms with Gasteiger partial charge in [0.15, 0.2) is 0 Å². The van der Waals surface area contributed by atoms with E-state index in [1.54, 1.807) is 11.3 Å². The van der Waals surface area contributed by atoms with Gasteiger partial charge >= 0.3 is 0 Å². The molecule has 0 fully saturated rings. The second-order valence-corrected chi connectivity index (χ2v) is 6.32. The second kappa shape index (κ2) is 5.14. The summed E-state index contributed by atoms with van der Waals surface area (Å²) in [6.45, 7) is 4.51. The van der Waals surface area contributed by atoms with Crippen LogP contribution in [0.3, 0.4) is 0 Å². The molecule has 0 radical (unpaired) electrons. The zero-order chi connectivity index (χ0) is 13.2. The van der Waals surface area contributed by atoms with Crippen molar-refractivity contribution >= 4 is 21.6 Å². The Labute approximate surface area is 117 Å². The molecular weight excluding hydrogens is 250 g/mol. The first-order valence-corrected chi connectivity index (χ1v) is 7.49. The number of thiazole rings is 1. The average Bonchev–Trinajstić information content (AvgIpc) is 2.82. The van der Waals surface area contributed by atoms with Gasteiger partial charge in [-0.15, -0.1) is 11.3 Å². The number of nitrogens with zero attached hydrogens (tertiary/aromatic N) is 1. The lowest BCUT2D eigenvalue weighted by Gasteiger charge is -2.03. The predicted molar refractivity (Wildman–Crippen MR) is 83.6 cm³/mol. The van der Waals surface area contributed by atoms with Gasteiger partial charge in [-0.25, -0.2) is 4.98 Å². The molecule has 0 atom stereocenters. The number of hydrogen-bond acceptors (Lipinski definition) is 2. The van der Waals surface area contributed by atoms with Gasteiger partial charge in [0.05, 0.1) is 10.2 Å². The van der Waals surface area contributed by atoms with E-state index in [2.05, 4.69) is 56.3 Å². The smallest absolute Gasteiger partial charge is 0.124 e. The van der Waals surface area contributed by atoms with Gasteiger partial charge in [0.1, 0.15) is 5.01 Å². The number of aromatic nitrogens is 1. The predicted octanol–water partition coefficient (Wildman–Crippen LogP) is 5.16. The molecule has 0 aliphatic rings. The number of rotatable bonds is 3. The third kappa shape index (κ3) is 2.69. The summed E-state index contributed by atoms with van der Waals surface area (Å²) < 4.78 is 1.29. The van der Waals surface area contributed by atoms with Crippen LogP contribution in [0.5, 0.6) is 0 Å². The number of hydrogen-bond donors (Lipinski definition) is 0. The molecule has 96 valence electrons. The van der Waals surface area contributed by atoms with Gasteiger partial charge in [-0.2, -0.15) is 0 Å². The van der Waals surface area contributed by atoms with Crippen molar-refractivity contribution in [2.45, 2.75) is 20.3 Å². The lowest BCUT2D eigenvalue weighted by atomic mass is 10.0. The Kier molecular flexibility index (Phi) is 3.34. The van der Waals surface area contributed by atoms with Crippen molar-refractivity contribution in [2.24, 2.45) is 5.92 Å². The van der Waals surface area contributed by atoms with Crippen molar-refractivity contribution < 1.29 is 0 Å². The van der Waals surface area contributed by atoms with Crippen LogP contribution in [0.1, 0.15) is 19.4 Å². The molecule has 1 heterocycles. The topological polar surface area (TPSA) is 12.9 Å². The van der Waals surface area contributed by atoms with E-state index in [9.17, 15) is 0 Å². The first-order chi connectivity index (χ1) is 9.22. The zero-order valence-electron chi connectivity index (χ0n) is 11.3. The standard InChI is InChI=1S/C17H17NS/c1-12(2)10-13-8-9-15-16(11-13)19-17(18-15)14-6-4-3-5-7-14/h3-9,11-12H,10H2,1-2H3. The molecule has 2 heteroatoms. The van der Waals surface area contributed by atoms with Crippen molar-refractivity contribution in [1.82, 2.24) is 4.98 Å². The van der Waals surface area contributed by atoms with Gasteiger partial charge < -0.3 is 0 Å². The highest BCUT2D eigenvalue weighted by molar-refractivity contribution is 7.21. The molecule has 1 aromatic heterocycles. The van der Waals surface area contributed by atoms with Crippen molar-refractivity contribution in [2.75, 3.05) is 0 Å². The lowest BCUT2D eigenvalue weighted by Crippen LogP contribution is -1.92. The molecule has 19 heavy (non-hydrogen) atoms. The van der Waals surface area contributed by atoms with E-state index in [0.29, 0.717) is 5.92 Å². The van der Waals surface area contributed by atoms with Gasteiger partial charge in [0.25, 0.3) is 0 Å². The van der Waals surface area contributed by atoms with E-state index in [4.69, 9.17) is 4.98 Å². The van der Waals surface area contributed by atoms with Gasteiger partial charge in [-0.3, -0.25) is 0 Å². The Hall–Kier alpha value is -1.67. The minimum atomic E-state index is 0.693. The van der Waals surface area contributed by atoms with Crippen LogP contribution in [0.15, 0.2) is 48.5 Å². The minimum absolute atomic E-state index is 0.693. The lowest BCUT2D eigenvalue weighted by molar-refractivity contribution is 0.648. The summed E-state index contributed by atoms with van der Waals surface area (Å²) in [6, 6.07) is 17.0. The van der Waals surface area contributed by atoms with Gasteiger partial charge in [-0.1, -0.05) is 50.2 Å². The third-order valence-electron chi connectivity index (χ3n) is 3.12. The van der Waals surface area contributed by atoms with Crippen LogP contribution in [-0.2, 0) is 6.42 Å². The fourth-order valence-corrected chi connectivity index (χ4v) is 3.31. The molecule has 0 aliphatic heterocycles. The number of fused-ring (bicyclic) bond motifs is 1. The fourth-order valence-electron chi connectivity index (χ4n) is 2.27. The normalized spacial score (nSPS) is 11.3. The van der Waals surface area contributed by atoms with Crippen molar-refractivity contribution in [3.05, 3.63) is 54.1 Å².